The third kappa shape index (κ3) is 17.0. The second-order valence-electron chi connectivity index (χ2n) is 5.40. The van der Waals surface area contributed by atoms with E-state index in [1.54, 1.807) is 0 Å². The summed E-state index contributed by atoms with van der Waals surface area (Å²) in [5.41, 5.74) is 0. The average molecular weight is 400 g/mol. The van der Waals surface area contributed by atoms with Gasteiger partial charge in [-0.15, -0.1) is 0 Å². The molecule has 6 nitrogen and oxygen atoms in total. The molecule has 0 aliphatic rings. The summed E-state index contributed by atoms with van der Waals surface area (Å²) in [6.45, 7) is 2.18. The van der Waals surface area contributed by atoms with E-state index in [0.29, 0.717) is 6.42 Å². The van der Waals surface area contributed by atoms with Crippen molar-refractivity contribution in [3.63, 3.8) is 0 Å². The van der Waals surface area contributed by atoms with Crippen LogP contribution in [0.5, 0.6) is 0 Å². The topological polar surface area (TPSA) is 114 Å². The van der Waals surface area contributed by atoms with Crippen LogP contribution in [0.2, 0.25) is 0 Å². The van der Waals surface area contributed by atoms with Crippen LogP contribution in [0.4, 0.5) is 0 Å². The summed E-state index contributed by atoms with van der Waals surface area (Å²) >= 11 is 0. The van der Waals surface area contributed by atoms with Crippen LogP contribution >= 0.6 is 0 Å². The fourth-order valence-electron chi connectivity index (χ4n) is 2.18. The molecule has 0 spiro atoms. The van der Waals surface area contributed by atoms with E-state index in [4.69, 9.17) is 0 Å². The maximum atomic E-state index is 10.7. The molecule has 0 amide bonds. The standard InChI is InChI=1S/C14H28O6S2.2Na/c1-2-3-4-5-6-7-8-9-10-11-12-13-14(21(15,16)17)22(18,19)20;;/h13H,2-12H2,1H3,(H,15,16,17)(H,18,19,20);;/q;2*+1/p-2. The fraction of sp³-hybridized carbons (Fsp3) is 0.857. The quantitative estimate of drug-likeness (QED) is 0.188. The Bertz CT molecular complexity index is 495. The molecule has 0 fully saturated rings. The van der Waals surface area contributed by atoms with Crippen LogP contribution in [0, 0.1) is 0 Å². The monoisotopic (exact) mass is 400 g/mol. The van der Waals surface area contributed by atoms with Crippen molar-refractivity contribution in [3.8, 4) is 0 Å². The minimum Gasteiger partial charge on any atom is -0.744 e. The first kappa shape index (κ1) is 30.3. The van der Waals surface area contributed by atoms with Crippen LogP contribution in [-0.4, -0.2) is 25.9 Å². The van der Waals surface area contributed by atoms with E-state index in [0.717, 1.165) is 31.8 Å². The smallest absolute Gasteiger partial charge is 0.744 e. The Morgan fingerprint density at radius 1 is 0.708 bits per heavy atom. The molecule has 0 saturated heterocycles. The van der Waals surface area contributed by atoms with E-state index < -0.39 is 24.5 Å². The van der Waals surface area contributed by atoms with Crippen molar-refractivity contribution >= 4 is 20.2 Å². The molecule has 0 aromatic heterocycles. The van der Waals surface area contributed by atoms with Crippen molar-refractivity contribution in [2.75, 3.05) is 0 Å². The van der Waals surface area contributed by atoms with Crippen LogP contribution in [0.15, 0.2) is 10.3 Å². The first-order chi connectivity index (χ1) is 10.2. The molecule has 0 bridgehead atoms. The van der Waals surface area contributed by atoms with Gasteiger partial charge in [0.2, 0.25) is 0 Å². The Morgan fingerprint density at radius 2 is 1.04 bits per heavy atom. The molecular formula is C14H26Na2O6S2. The predicted octanol–water partition coefficient (Wildman–Crippen LogP) is -2.76. The average Bonchev–Trinajstić information content (AvgIpc) is 2.37. The first-order valence-corrected chi connectivity index (χ1v) is 10.6. The number of hydrogen-bond donors (Lipinski definition) is 0. The Balaban J connectivity index is -0.00000220. The van der Waals surface area contributed by atoms with E-state index in [1.807, 2.05) is 0 Å². The van der Waals surface area contributed by atoms with Gasteiger partial charge in [-0.05, 0) is 12.8 Å². The van der Waals surface area contributed by atoms with Gasteiger partial charge in [0.15, 0.2) is 0 Å². The minimum absolute atomic E-state index is 0. The number of unbranched alkanes of at least 4 members (excludes halogenated alkanes) is 10. The largest absolute Gasteiger partial charge is 1.00 e. The van der Waals surface area contributed by atoms with E-state index in [2.05, 4.69) is 6.92 Å². The van der Waals surface area contributed by atoms with Gasteiger partial charge in [0.05, 0.1) is 0 Å². The zero-order chi connectivity index (χ0) is 17.1. The molecule has 132 valence electrons. The third-order valence-electron chi connectivity index (χ3n) is 3.36. The Labute approximate surface area is 191 Å². The Hall–Kier alpha value is 1.56. The SMILES string of the molecule is CCCCCCCCCCCCC=C(S(=O)(=O)[O-])S(=O)(=O)[O-].[Na+].[Na+]. The first-order valence-electron chi connectivity index (χ1n) is 7.81. The van der Waals surface area contributed by atoms with Crippen molar-refractivity contribution in [2.24, 2.45) is 0 Å². The van der Waals surface area contributed by atoms with Gasteiger partial charge in [0.1, 0.15) is 24.5 Å². The van der Waals surface area contributed by atoms with Gasteiger partial charge >= 0.3 is 59.1 Å². The van der Waals surface area contributed by atoms with Crippen molar-refractivity contribution in [3.05, 3.63) is 10.3 Å². The Kier molecular flexibility index (Phi) is 21.1. The molecule has 0 radical (unpaired) electrons. The van der Waals surface area contributed by atoms with Crippen LogP contribution in [0.3, 0.4) is 0 Å². The summed E-state index contributed by atoms with van der Waals surface area (Å²) in [7, 11) is -10.4. The molecule has 0 N–H and O–H groups in total. The summed E-state index contributed by atoms with van der Waals surface area (Å²) < 4.78 is 62.6. The molecule has 0 saturated carbocycles. The summed E-state index contributed by atoms with van der Waals surface area (Å²) in [6.07, 6.45) is 11.7. The van der Waals surface area contributed by atoms with Crippen LogP contribution in [0.1, 0.15) is 77.6 Å². The molecule has 0 aliphatic carbocycles. The van der Waals surface area contributed by atoms with Crippen LogP contribution < -0.4 is 59.1 Å². The molecule has 0 aliphatic heterocycles. The van der Waals surface area contributed by atoms with Gasteiger partial charge in [-0.3, -0.25) is 0 Å². The molecular weight excluding hydrogens is 374 g/mol. The van der Waals surface area contributed by atoms with Gasteiger partial charge in [-0.1, -0.05) is 70.8 Å². The maximum absolute atomic E-state index is 10.7. The van der Waals surface area contributed by atoms with E-state index in [9.17, 15) is 25.9 Å². The summed E-state index contributed by atoms with van der Waals surface area (Å²) in [6, 6.07) is 0. The molecule has 0 atom stereocenters. The van der Waals surface area contributed by atoms with Gasteiger partial charge in [-0.2, -0.15) is 0 Å². The maximum Gasteiger partial charge on any atom is 1.00 e. The van der Waals surface area contributed by atoms with E-state index in [1.165, 1.54) is 32.1 Å². The molecule has 0 rings (SSSR count). The molecule has 0 heterocycles. The van der Waals surface area contributed by atoms with Crippen molar-refractivity contribution < 1.29 is 85.1 Å². The van der Waals surface area contributed by atoms with E-state index >= 15 is 0 Å². The molecule has 0 aromatic carbocycles. The molecule has 0 unspecified atom stereocenters. The number of allylic oxidation sites excluding steroid dienone is 1. The van der Waals surface area contributed by atoms with Gasteiger partial charge < -0.3 is 9.11 Å². The van der Waals surface area contributed by atoms with E-state index in [-0.39, 0.29) is 65.5 Å². The fourth-order valence-corrected chi connectivity index (χ4v) is 3.82. The van der Waals surface area contributed by atoms with Crippen LogP contribution in [-0.2, 0) is 20.2 Å². The number of rotatable bonds is 13. The molecule has 10 heteroatoms. The molecule has 24 heavy (non-hydrogen) atoms. The second kappa shape index (κ2) is 16.7. The summed E-state index contributed by atoms with van der Waals surface area (Å²) in [5.74, 6) is 0. The molecule has 0 aromatic rings. The van der Waals surface area contributed by atoms with Crippen LogP contribution in [0.25, 0.3) is 0 Å². The summed E-state index contributed by atoms with van der Waals surface area (Å²) in [4.78, 5) is 0. The third-order valence-corrected chi connectivity index (χ3v) is 5.91. The minimum atomic E-state index is -5.22. The van der Waals surface area contributed by atoms with Crippen molar-refractivity contribution in [1.82, 2.24) is 0 Å². The zero-order valence-corrected chi connectivity index (χ0v) is 20.8. The van der Waals surface area contributed by atoms with Crippen molar-refractivity contribution in [2.45, 2.75) is 77.6 Å². The van der Waals surface area contributed by atoms with Gasteiger partial charge in [0.25, 0.3) is 0 Å². The van der Waals surface area contributed by atoms with Gasteiger partial charge in [0, 0.05) is 0 Å². The zero-order valence-electron chi connectivity index (χ0n) is 15.1. The Morgan fingerprint density at radius 3 is 1.38 bits per heavy atom. The second-order valence-corrected chi connectivity index (χ2v) is 8.36. The normalized spacial score (nSPS) is 11.3. The van der Waals surface area contributed by atoms with Gasteiger partial charge in [-0.25, -0.2) is 16.8 Å². The number of hydrogen-bond acceptors (Lipinski definition) is 6. The predicted molar refractivity (Wildman–Crippen MR) is 83.9 cm³/mol. The van der Waals surface area contributed by atoms with Crippen molar-refractivity contribution in [1.29, 1.82) is 0 Å². The summed E-state index contributed by atoms with van der Waals surface area (Å²) in [5, 5.41) is 0.